The van der Waals surface area contributed by atoms with Crippen LogP contribution in [0.3, 0.4) is 0 Å². The molecule has 2 fully saturated rings. The third-order valence-corrected chi connectivity index (χ3v) is 8.49. The summed E-state index contributed by atoms with van der Waals surface area (Å²) in [5, 5.41) is 0. The van der Waals surface area contributed by atoms with Crippen molar-refractivity contribution in [3.8, 4) is 11.1 Å². The molecule has 2 heterocycles. The highest BCUT2D eigenvalue weighted by molar-refractivity contribution is 5.91. The van der Waals surface area contributed by atoms with Crippen LogP contribution >= 0.6 is 0 Å². The van der Waals surface area contributed by atoms with Gasteiger partial charge in [-0.3, -0.25) is 14.5 Å². The number of carbonyl (C=O) groups excluding carboxylic acids is 3. The van der Waals surface area contributed by atoms with Gasteiger partial charge in [-0.15, -0.1) is 0 Å². The van der Waals surface area contributed by atoms with E-state index in [1.54, 1.807) is 4.90 Å². The highest BCUT2D eigenvalue weighted by atomic mass is 16.6. The molecule has 3 aliphatic rings. The van der Waals surface area contributed by atoms with Gasteiger partial charge in [-0.1, -0.05) is 109 Å². The zero-order valence-corrected chi connectivity index (χ0v) is 24.6. The Labute approximate surface area is 257 Å². The molecule has 3 atom stereocenters. The number of Topliss-reactive ketones (excluding diaryl/α,β-unsaturated/α-hetero) is 1. The van der Waals surface area contributed by atoms with Crippen LogP contribution in [0.15, 0.2) is 109 Å². The Morgan fingerprint density at radius 2 is 1.34 bits per heavy atom. The van der Waals surface area contributed by atoms with Gasteiger partial charge in [-0.2, -0.15) is 0 Å². The van der Waals surface area contributed by atoms with Gasteiger partial charge in [0.2, 0.25) is 0 Å². The fourth-order valence-electron chi connectivity index (χ4n) is 6.48. The lowest BCUT2D eigenvalue weighted by Gasteiger charge is -2.22. The first-order valence-corrected chi connectivity index (χ1v) is 15.0. The van der Waals surface area contributed by atoms with Gasteiger partial charge in [-0.25, -0.2) is 4.79 Å². The number of carbonyl (C=O) groups is 3. The summed E-state index contributed by atoms with van der Waals surface area (Å²) in [6.45, 7) is 2.55. The van der Waals surface area contributed by atoms with Crippen LogP contribution in [0.4, 0.5) is 4.79 Å². The smallest absolute Gasteiger partial charge is 0.410 e. The number of hydrogen-bond donors (Lipinski definition) is 0. The van der Waals surface area contributed by atoms with Crippen LogP contribution in [0.5, 0.6) is 0 Å². The van der Waals surface area contributed by atoms with Gasteiger partial charge in [0, 0.05) is 25.3 Å². The Morgan fingerprint density at radius 1 is 0.773 bits per heavy atom. The standard InChI is InChI=1S/C28H25NO4.C9H10O2/c30-25-17-32-27-19(14-18-8-2-1-3-9-18)15-29(26(25)27)28(31)33-16-24-22-12-6-4-10-20(22)21-11-5-7-13-23(21)24;1-8(10)11-7-9-5-3-2-4-6-9/h1-13,19,24,26-27H,14-17H2;2-6H,7H2,1H3/t19-,26+,27+;/m0./s1. The van der Waals surface area contributed by atoms with E-state index in [1.165, 1.54) is 34.7 Å². The van der Waals surface area contributed by atoms with Crippen molar-refractivity contribution in [3.05, 3.63) is 131 Å². The number of rotatable bonds is 6. The molecule has 0 radical (unpaired) electrons. The van der Waals surface area contributed by atoms with Crippen LogP contribution in [0.25, 0.3) is 11.1 Å². The number of nitrogens with zero attached hydrogens (tertiary/aromatic N) is 1. The number of amides is 1. The summed E-state index contributed by atoms with van der Waals surface area (Å²) in [6.07, 6.45) is 0.0714. The van der Waals surface area contributed by atoms with Crippen LogP contribution < -0.4 is 0 Å². The predicted molar refractivity (Wildman–Crippen MR) is 166 cm³/mol. The van der Waals surface area contributed by atoms with Crippen LogP contribution in [0.2, 0.25) is 0 Å². The van der Waals surface area contributed by atoms with Crippen LogP contribution in [0, 0.1) is 5.92 Å². The summed E-state index contributed by atoms with van der Waals surface area (Å²) in [6, 6.07) is 35.7. The SMILES string of the molecule is CC(=O)OCc1ccccc1.O=C1CO[C@@H]2[C@@H](Cc3ccccc3)CN(C(=O)OCC3c4ccccc4-c4ccccc43)[C@H]12. The monoisotopic (exact) mass is 589 g/mol. The molecule has 7 rings (SSSR count). The second kappa shape index (κ2) is 13.3. The van der Waals surface area contributed by atoms with Crippen molar-refractivity contribution in [2.75, 3.05) is 19.8 Å². The number of ether oxygens (including phenoxy) is 3. The highest BCUT2D eigenvalue weighted by Gasteiger charge is 2.52. The second-order valence-corrected chi connectivity index (χ2v) is 11.4. The van der Waals surface area contributed by atoms with E-state index in [9.17, 15) is 14.4 Å². The van der Waals surface area contributed by atoms with Gasteiger partial charge < -0.3 is 14.2 Å². The molecule has 2 saturated heterocycles. The molecule has 1 amide bonds. The van der Waals surface area contributed by atoms with Crippen molar-refractivity contribution in [1.82, 2.24) is 4.90 Å². The Balaban J connectivity index is 0.000000265. The second-order valence-electron chi connectivity index (χ2n) is 11.4. The number of esters is 1. The first-order chi connectivity index (χ1) is 21.5. The highest BCUT2D eigenvalue weighted by Crippen LogP contribution is 2.44. The molecule has 4 aromatic rings. The van der Waals surface area contributed by atoms with Crippen molar-refractivity contribution in [2.45, 2.75) is 38.0 Å². The number of benzene rings is 4. The van der Waals surface area contributed by atoms with Crippen molar-refractivity contribution < 1.29 is 28.6 Å². The minimum absolute atomic E-state index is 0.00426. The average molecular weight is 590 g/mol. The van der Waals surface area contributed by atoms with Gasteiger partial charge in [0.1, 0.15) is 25.9 Å². The third kappa shape index (κ3) is 6.29. The molecular weight excluding hydrogens is 554 g/mol. The van der Waals surface area contributed by atoms with Crippen molar-refractivity contribution in [1.29, 1.82) is 0 Å². The van der Waals surface area contributed by atoms with E-state index in [4.69, 9.17) is 14.2 Å². The summed E-state index contributed by atoms with van der Waals surface area (Å²) in [5.74, 6) is -0.211. The van der Waals surface area contributed by atoms with E-state index < -0.39 is 12.1 Å². The molecule has 0 N–H and O–H groups in total. The lowest BCUT2D eigenvalue weighted by molar-refractivity contribution is -0.142. The fourth-order valence-corrected chi connectivity index (χ4v) is 6.48. The quantitative estimate of drug-likeness (QED) is 0.249. The summed E-state index contributed by atoms with van der Waals surface area (Å²) in [4.78, 5) is 37.8. The Hall–Kier alpha value is -4.75. The maximum atomic E-state index is 13.2. The maximum Gasteiger partial charge on any atom is 0.410 e. The molecular formula is C37H35NO6. The first-order valence-electron chi connectivity index (χ1n) is 15.0. The van der Waals surface area contributed by atoms with E-state index >= 15 is 0 Å². The summed E-state index contributed by atoms with van der Waals surface area (Å²) in [7, 11) is 0. The minimum atomic E-state index is -0.547. The molecule has 4 aromatic carbocycles. The van der Waals surface area contributed by atoms with Crippen LogP contribution in [0.1, 0.15) is 35.1 Å². The van der Waals surface area contributed by atoms with Crippen molar-refractivity contribution >= 4 is 17.8 Å². The molecule has 44 heavy (non-hydrogen) atoms. The molecule has 7 heteroatoms. The van der Waals surface area contributed by atoms with Gasteiger partial charge in [0.15, 0.2) is 5.78 Å². The first kappa shape index (κ1) is 29.3. The predicted octanol–water partition coefficient (Wildman–Crippen LogP) is 6.20. The van der Waals surface area contributed by atoms with E-state index in [-0.39, 0.29) is 42.9 Å². The van der Waals surface area contributed by atoms with Crippen molar-refractivity contribution in [2.24, 2.45) is 5.92 Å². The number of fused-ring (bicyclic) bond motifs is 4. The fraction of sp³-hybridized carbons (Fsp3) is 0.270. The summed E-state index contributed by atoms with van der Waals surface area (Å²) in [5.41, 5.74) is 6.93. The molecule has 0 bridgehead atoms. The van der Waals surface area contributed by atoms with Gasteiger partial charge in [-0.05, 0) is 39.8 Å². The van der Waals surface area contributed by atoms with Gasteiger partial charge >= 0.3 is 12.1 Å². The zero-order chi connectivity index (χ0) is 30.5. The Kier molecular flexibility index (Phi) is 8.84. The Bertz CT molecular complexity index is 1580. The number of likely N-dealkylation sites (tertiary alicyclic amines) is 1. The van der Waals surface area contributed by atoms with Crippen LogP contribution in [-0.4, -0.2) is 54.7 Å². The normalized spacial score (nSPS) is 19.8. The zero-order valence-electron chi connectivity index (χ0n) is 24.6. The lowest BCUT2D eigenvalue weighted by Crippen LogP contribution is -2.42. The van der Waals surface area contributed by atoms with Gasteiger partial charge in [0.05, 0.1) is 6.10 Å². The summed E-state index contributed by atoms with van der Waals surface area (Å²) < 4.78 is 16.5. The van der Waals surface area contributed by atoms with E-state index in [1.807, 2.05) is 72.8 Å². The number of hydrogen-bond acceptors (Lipinski definition) is 6. The minimum Gasteiger partial charge on any atom is -0.461 e. The third-order valence-electron chi connectivity index (χ3n) is 8.49. The molecule has 2 aliphatic heterocycles. The van der Waals surface area contributed by atoms with E-state index in [2.05, 4.69) is 36.4 Å². The molecule has 7 nitrogen and oxygen atoms in total. The average Bonchev–Trinajstić information content (AvgIpc) is 3.72. The van der Waals surface area contributed by atoms with E-state index in [0.717, 1.165) is 12.0 Å². The molecule has 0 aromatic heterocycles. The van der Waals surface area contributed by atoms with Gasteiger partial charge in [0.25, 0.3) is 0 Å². The lowest BCUT2D eigenvalue weighted by atomic mass is 9.94. The largest absolute Gasteiger partial charge is 0.461 e. The number of ketones is 1. The summed E-state index contributed by atoms with van der Waals surface area (Å²) >= 11 is 0. The van der Waals surface area contributed by atoms with Crippen LogP contribution in [-0.2, 0) is 36.8 Å². The molecule has 1 aliphatic carbocycles. The van der Waals surface area contributed by atoms with E-state index in [0.29, 0.717) is 13.2 Å². The Morgan fingerprint density at radius 3 is 1.95 bits per heavy atom. The van der Waals surface area contributed by atoms with Crippen molar-refractivity contribution in [3.63, 3.8) is 0 Å². The molecule has 0 spiro atoms. The molecule has 0 unspecified atom stereocenters. The maximum absolute atomic E-state index is 13.2. The molecule has 224 valence electrons. The molecule has 0 saturated carbocycles. The topological polar surface area (TPSA) is 82.1 Å².